The van der Waals surface area contributed by atoms with Gasteiger partial charge in [0.1, 0.15) is 12.2 Å². The zero-order valence-corrected chi connectivity index (χ0v) is 11.8. The second kappa shape index (κ2) is 6.11. The molecule has 0 N–H and O–H groups in total. The first-order valence-electron chi connectivity index (χ1n) is 6.98. The summed E-state index contributed by atoms with van der Waals surface area (Å²) >= 11 is 0. The van der Waals surface area contributed by atoms with E-state index in [-0.39, 0.29) is 0 Å². The number of aryl methyl sites for hydroxylation is 1. The minimum absolute atomic E-state index is 0.886. The van der Waals surface area contributed by atoms with Crippen LogP contribution in [-0.4, -0.2) is 55.7 Å². The Morgan fingerprint density at radius 3 is 2.45 bits per heavy atom. The first-order valence-corrected chi connectivity index (χ1v) is 6.98. The molecule has 20 heavy (non-hydrogen) atoms. The number of hydrogen-bond donors (Lipinski definition) is 0. The third kappa shape index (κ3) is 3.20. The van der Waals surface area contributed by atoms with Gasteiger partial charge in [0.2, 0.25) is 0 Å². The Labute approximate surface area is 119 Å². The van der Waals surface area contributed by atoms with Gasteiger partial charge in [0, 0.05) is 52.2 Å². The summed E-state index contributed by atoms with van der Waals surface area (Å²) in [6.45, 7) is 6.21. The van der Waals surface area contributed by atoms with E-state index in [0.717, 1.165) is 45.1 Å². The molecule has 2 aromatic heterocycles. The highest BCUT2D eigenvalue weighted by Gasteiger charge is 2.18. The molecular formula is C14H20N6. The van der Waals surface area contributed by atoms with Gasteiger partial charge in [0.05, 0.1) is 6.54 Å². The molecule has 0 atom stereocenters. The van der Waals surface area contributed by atoms with E-state index in [0.29, 0.717) is 0 Å². The van der Waals surface area contributed by atoms with Gasteiger partial charge in [0.25, 0.3) is 0 Å². The highest BCUT2D eigenvalue weighted by Crippen LogP contribution is 2.09. The fourth-order valence-electron chi connectivity index (χ4n) is 2.52. The summed E-state index contributed by atoms with van der Waals surface area (Å²) in [5.74, 6) is 1.03. The normalized spacial score (nSPS) is 17.4. The van der Waals surface area contributed by atoms with Gasteiger partial charge >= 0.3 is 0 Å². The van der Waals surface area contributed by atoms with E-state index in [1.807, 2.05) is 30.2 Å². The molecule has 1 fully saturated rings. The SMILES string of the molecule is Cn1ncnc1CN1CCN(Cc2cccnc2)CC1. The molecule has 106 valence electrons. The minimum atomic E-state index is 0.886. The third-order valence-corrected chi connectivity index (χ3v) is 3.76. The molecule has 3 heterocycles. The average molecular weight is 272 g/mol. The van der Waals surface area contributed by atoms with Crippen LogP contribution >= 0.6 is 0 Å². The molecule has 0 bridgehead atoms. The van der Waals surface area contributed by atoms with Crippen molar-refractivity contribution < 1.29 is 0 Å². The highest BCUT2D eigenvalue weighted by atomic mass is 15.3. The molecule has 0 amide bonds. The van der Waals surface area contributed by atoms with E-state index < -0.39 is 0 Å². The fraction of sp³-hybridized carbons (Fsp3) is 0.500. The van der Waals surface area contributed by atoms with Crippen LogP contribution in [0.2, 0.25) is 0 Å². The lowest BCUT2D eigenvalue weighted by Gasteiger charge is -2.34. The average Bonchev–Trinajstić information content (AvgIpc) is 2.88. The summed E-state index contributed by atoms with van der Waals surface area (Å²) in [4.78, 5) is 13.4. The Hall–Kier alpha value is -1.79. The van der Waals surface area contributed by atoms with Crippen LogP contribution in [0.4, 0.5) is 0 Å². The number of piperazine rings is 1. The summed E-state index contributed by atoms with van der Waals surface area (Å²) in [6.07, 6.45) is 5.39. The van der Waals surface area contributed by atoms with Crippen molar-refractivity contribution in [3.63, 3.8) is 0 Å². The van der Waals surface area contributed by atoms with E-state index >= 15 is 0 Å². The van der Waals surface area contributed by atoms with Crippen LogP contribution in [-0.2, 0) is 20.1 Å². The lowest BCUT2D eigenvalue weighted by Crippen LogP contribution is -2.45. The van der Waals surface area contributed by atoms with Crippen molar-refractivity contribution in [2.24, 2.45) is 7.05 Å². The molecule has 0 radical (unpaired) electrons. The van der Waals surface area contributed by atoms with Crippen molar-refractivity contribution in [3.8, 4) is 0 Å². The molecule has 1 aliphatic rings. The molecule has 0 saturated carbocycles. The van der Waals surface area contributed by atoms with Gasteiger partial charge in [-0.25, -0.2) is 4.98 Å². The quantitative estimate of drug-likeness (QED) is 0.812. The van der Waals surface area contributed by atoms with Gasteiger partial charge in [0.15, 0.2) is 0 Å². The van der Waals surface area contributed by atoms with E-state index in [1.165, 1.54) is 5.56 Å². The maximum Gasteiger partial charge on any atom is 0.140 e. The van der Waals surface area contributed by atoms with Gasteiger partial charge < -0.3 is 0 Å². The highest BCUT2D eigenvalue weighted by molar-refractivity contribution is 5.08. The molecule has 6 nitrogen and oxygen atoms in total. The fourth-order valence-corrected chi connectivity index (χ4v) is 2.52. The Morgan fingerprint density at radius 2 is 1.85 bits per heavy atom. The monoisotopic (exact) mass is 272 g/mol. The smallest absolute Gasteiger partial charge is 0.140 e. The Bertz CT molecular complexity index is 530. The summed E-state index contributed by atoms with van der Waals surface area (Å²) in [5.41, 5.74) is 1.29. The molecule has 0 unspecified atom stereocenters. The minimum Gasteiger partial charge on any atom is -0.296 e. The third-order valence-electron chi connectivity index (χ3n) is 3.76. The topological polar surface area (TPSA) is 50.1 Å². The van der Waals surface area contributed by atoms with Crippen LogP contribution in [0.1, 0.15) is 11.4 Å². The molecule has 2 aromatic rings. The van der Waals surface area contributed by atoms with E-state index in [4.69, 9.17) is 0 Å². The van der Waals surface area contributed by atoms with Crippen molar-refractivity contribution in [2.45, 2.75) is 13.1 Å². The predicted octanol–water partition coefficient (Wildman–Crippen LogP) is 0.528. The zero-order chi connectivity index (χ0) is 13.8. The van der Waals surface area contributed by atoms with E-state index in [1.54, 1.807) is 6.33 Å². The van der Waals surface area contributed by atoms with Gasteiger partial charge in [-0.2, -0.15) is 5.10 Å². The van der Waals surface area contributed by atoms with Gasteiger partial charge in [-0.1, -0.05) is 6.07 Å². The van der Waals surface area contributed by atoms with Crippen LogP contribution in [0.3, 0.4) is 0 Å². The molecule has 6 heteroatoms. The largest absolute Gasteiger partial charge is 0.296 e. The molecule has 1 aliphatic heterocycles. The number of hydrogen-bond acceptors (Lipinski definition) is 5. The second-order valence-electron chi connectivity index (χ2n) is 5.21. The summed E-state index contributed by atoms with van der Waals surface area (Å²) < 4.78 is 1.85. The standard InChI is InChI=1S/C14H20N6/c1-18-14(16-12-17-18)11-20-7-5-19(6-8-20)10-13-3-2-4-15-9-13/h2-4,9,12H,5-8,10-11H2,1H3. The number of pyridine rings is 1. The van der Waals surface area contributed by atoms with Crippen LogP contribution in [0, 0.1) is 0 Å². The van der Waals surface area contributed by atoms with Gasteiger partial charge in [-0.15, -0.1) is 0 Å². The summed E-state index contributed by atoms with van der Waals surface area (Å²) in [7, 11) is 1.95. The van der Waals surface area contributed by atoms with E-state index in [9.17, 15) is 0 Å². The summed E-state index contributed by atoms with van der Waals surface area (Å²) in [6, 6.07) is 4.14. The predicted molar refractivity (Wildman–Crippen MR) is 75.8 cm³/mol. The zero-order valence-electron chi connectivity index (χ0n) is 11.8. The number of aromatic nitrogens is 4. The van der Waals surface area contributed by atoms with Crippen molar-refractivity contribution >= 4 is 0 Å². The molecule has 1 saturated heterocycles. The first kappa shape index (κ1) is 13.2. The summed E-state index contributed by atoms with van der Waals surface area (Å²) in [5, 5.41) is 4.11. The molecular weight excluding hydrogens is 252 g/mol. The molecule has 0 aliphatic carbocycles. The van der Waals surface area contributed by atoms with E-state index in [2.05, 4.69) is 30.9 Å². The lowest BCUT2D eigenvalue weighted by atomic mass is 10.2. The van der Waals surface area contributed by atoms with Crippen LogP contribution < -0.4 is 0 Å². The maximum atomic E-state index is 4.28. The Balaban J connectivity index is 1.49. The Kier molecular flexibility index (Phi) is 4.03. The van der Waals surface area contributed by atoms with Crippen molar-refractivity contribution in [1.29, 1.82) is 0 Å². The first-order chi connectivity index (χ1) is 9.81. The molecule has 3 rings (SSSR count). The lowest BCUT2D eigenvalue weighted by molar-refractivity contribution is 0.119. The van der Waals surface area contributed by atoms with Crippen molar-refractivity contribution in [3.05, 3.63) is 42.2 Å². The van der Waals surface area contributed by atoms with Gasteiger partial charge in [-0.05, 0) is 11.6 Å². The van der Waals surface area contributed by atoms with Crippen molar-refractivity contribution in [2.75, 3.05) is 26.2 Å². The Morgan fingerprint density at radius 1 is 1.10 bits per heavy atom. The maximum absolute atomic E-state index is 4.28. The van der Waals surface area contributed by atoms with Crippen molar-refractivity contribution in [1.82, 2.24) is 29.5 Å². The molecule has 0 spiro atoms. The number of nitrogens with zero attached hydrogens (tertiary/aromatic N) is 6. The van der Waals surface area contributed by atoms with Crippen LogP contribution in [0.15, 0.2) is 30.9 Å². The second-order valence-corrected chi connectivity index (χ2v) is 5.21. The van der Waals surface area contributed by atoms with Crippen LogP contribution in [0.5, 0.6) is 0 Å². The van der Waals surface area contributed by atoms with Gasteiger partial charge in [-0.3, -0.25) is 19.5 Å². The molecule has 0 aromatic carbocycles. The van der Waals surface area contributed by atoms with Crippen LogP contribution in [0.25, 0.3) is 0 Å². The number of rotatable bonds is 4.